The molecule has 0 spiro atoms. The van der Waals surface area contributed by atoms with E-state index in [0.717, 1.165) is 16.7 Å². The maximum atomic E-state index is 12.5. The van der Waals surface area contributed by atoms with E-state index in [4.69, 9.17) is 19.9 Å². The highest BCUT2D eigenvalue weighted by atomic mass is 16.7. The highest BCUT2D eigenvalue weighted by Crippen LogP contribution is 2.20. The SMILES string of the molecule is COCOCC(CC(C)C(=O)NO)NC(=O)Cc1ccc(-c2ccc(C#N)cc2)cc1. The van der Waals surface area contributed by atoms with Crippen LogP contribution in [-0.4, -0.2) is 43.6 Å². The van der Waals surface area contributed by atoms with Gasteiger partial charge in [0.1, 0.15) is 6.79 Å². The molecule has 2 aromatic carbocycles. The molecule has 2 aromatic rings. The molecule has 2 amide bonds. The molecule has 0 fully saturated rings. The Hall–Kier alpha value is -3.25. The van der Waals surface area contributed by atoms with E-state index in [9.17, 15) is 9.59 Å². The van der Waals surface area contributed by atoms with Gasteiger partial charge in [0.15, 0.2) is 0 Å². The van der Waals surface area contributed by atoms with Gasteiger partial charge >= 0.3 is 0 Å². The average molecular weight is 425 g/mol. The minimum Gasteiger partial charge on any atom is -0.359 e. The number of nitrogens with one attached hydrogen (secondary N) is 2. The van der Waals surface area contributed by atoms with E-state index in [1.54, 1.807) is 24.5 Å². The van der Waals surface area contributed by atoms with Crippen LogP contribution in [0.5, 0.6) is 0 Å². The van der Waals surface area contributed by atoms with Gasteiger partial charge in [-0.2, -0.15) is 5.26 Å². The van der Waals surface area contributed by atoms with Gasteiger partial charge in [0.05, 0.1) is 30.7 Å². The highest BCUT2D eigenvalue weighted by Gasteiger charge is 2.21. The van der Waals surface area contributed by atoms with E-state index in [1.807, 2.05) is 36.4 Å². The summed E-state index contributed by atoms with van der Waals surface area (Å²) < 4.78 is 10.2. The van der Waals surface area contributed by atoms with Gasteiger partial charge in [-0.25, -0.2) is 5.48 Å². The monoisotopic (exact) mass is 425 g/mol. The second-order valence-corrected chi connectivity index (χ2v) is 7.22. The molecule has 2 unspecified atom stereocenters. The van der Waals surface area contributed by atoms with Crippen LogP contribution in [0, 0.1) is 17.2 Å². The van der Waals surface area contributed by atoms with E-state index < -0.39 is 17.9 Å². The Bertz CT molecular complexity index is 891. The Labute approximate surface area is 181 Å². The maximum absolute atomic E-state index is 12.5. The number of carbonyl (C=O) groups excluding carboxylic acids is 2. The lowest BCUT2D eigenvalue weighted by atomic mass is 10.0. The first-order chi connectivity index (χ1) is 15.0. The molecule has 31 heavy (non-hydrogen) atoms. The molecule has 0 aliphatic rings. The first kappa shape index (κ1) is 24.0. The van der Waals surface area contributed by atoms with Crippen molar-refractivity contribution in [3.05, 3.63) is 59.7 Å². The first-order valence-corrected chi connectivity index (χ1v) is 9.86. The zero-order chi connectivity index (χ0) is 22.6. The molecular weight excluding hydrogens is 398 g/mol. The minimum atomic E-state index is -0.524. The summed E-state index contributed by atoms with van der Waals surface area (Å²) in [4.78, 5) is 24.1. The Balaban J connectivity index is 1.97. The van der Waals surface area contributed by atoms with Gasteiger partial charge in [-0.15, -0.1) is 0 Å². The summed E-state index contributed by atoms with van der Waals surface area (Å²) in [5, 5.41) is 20.6. The summed E-state index contributed by atoms with van der Waals surface area (Å²) in [7, 11) is 1.50. The van der Waals surface area contributed by atoms with Crippen molar-refractivity contribution < 1.29 is 24.3 Å². The number of methoxy groups -OCH3 is 1. The summed E-state index contributed by atoms with van der Waals surface area (Å²) >= 11 is 0. The van der Waals surface area contributed by atoms with Gasteiger partial charge in [0.2, 0.25) is 11.8 Å². The van der Waals surface area contributed by atoms with Gasteiger partial charge in [-0.05, 0) is 35.2 Å². The molecule has 0 saturated heterocycles. The molecule has 8 nitrogen and oxygen atoms in total. The zero-order valence-corrected chi connectivity index (χ0v) is 17.6. The quantitative estimate of drug-likeness (QED) is 0.220. The number of carbonyl (C=O) groups is 2. The number of nitrogens with zero attached hydrogens (tertiary/aromatic N) is 1. The molecule has 3 N–H and O–H groups in total. The van der Waals surface area contributed by atoms with Crippen molar-refractivity contribution in [3.63, 3.8) is 0 Å². The number of ether oxygens (including phenoxy) is 2. The van der Waals surface area contributed by atoms with Crippen molar-refractivity contribution in [2.24, 2.45) is 5.92 Å². The number of nitriles is 1. The average Bonchev–Trinajstić information content (AvgIpc) is 2.79. The number of rotatable bonds is 11. The first-order valence-electron chi connectivity index (χ1n) is 9.86. The Morgan fingerprint density at radius 1 is 1.10 bits per heavy atom. The van der Waals surface area contributed by atoms with Crippen LogP contribution in [0.4, 0.5) is 0 Å². The van der Waals surface area contributed by atoms with Crippen LogP contribution in [-0.2, 0) is 25.5 Å². The predicted octanol–water partition coefficient (Wildman–Crippen LogP) is 2.40. The second kappa shape index (κ2) is 12.4. The van der Waals surface area contributed by atoms with Crippen LogP contribution in [0.15, 0.2) is 48.5 Å². The number of hydroxylamine groups is 1. The molecule has 0 saturated carbocycles. The van der Waals surface area contributed by atoms with Crippen molar-refractivity contribution in [2.45, 2.75) is 25.8 Å². The molecule has 0 aliphatic heterocycles. The molecule has 0 radical (unpaired) electrons. The molecule has 2 atom stereocenters. The van der Waals surface area contributed by atoms with Crippen molar-refractivity contribution in [2.75, 3.05) is 20.5 Å². The Kier molecular flexibility index (Phi) is 9.65. The number of benzene rings is 2. The topological polar surface area (TPSA) is 121 Å². The van der Waals surface area contributed by atoms with Crippen LogP contribution in [0.25, 0.3) is 11.1 Å². The van der Waals surface area contributed by atoms with E-state index in [0.29, 0.717) is 12.0 Å². The van der Waals surface area contributed by atoms with E-state index >= 15 is 0 Å². The fourth-order valence-electron chi connectivity index (χ4n) is 3.10. The van der Waals surface area contributed by atoms with Crippen molar-refractivity contribution in [3.8, 4) is 17.2 Å². The zero-order valence-electron chi connectivity index (χ0n) is 17.6. The van der Waals surface area contributed by atoms with Gasteiger partial charge in [-0.3, -0.25) is 14.8 Å². The summed E-state index contributed by atoms with van der Waals surface area (Å²) in [6.07, 6.45) is 0.481. The molecule has 164 valence electrons. The minimum absolute atomic E-state index is 0.0732. The summed E-state index contributed by atoms with van der Waals surface area (Å²) in [5.74, 6) is -1.23. The second-order valence-electron chi connectivity index (χ2n) is 7.22. The lowest BCUT2D eigenvalue weighted by Gasteiger charge is -2.21. The lowest BCUT2D eigenvalue weighted by molar-refractivity contribution is -0.134. The third kappa shape index (κ3) is 7.83. The predicted molar refractivity (Wildman–Crippen MR) is 114 cm³/mol. The van der Waals surface area contributed by atoms with E-state index in [1.165, 1.54) is 7.11 Å². The Morgan fingerprint density at radius 3 is 2.26 bits per heavy atom. The summed E-state index contributed by atoms with van der Waals surface area (Å²) in [6, 6.07) is 16.6. The largest absolute Gasteiger partial charge is 0.359 e. The number of hydrogen-bond donors (Lipinski definition) is 3. The fraction of sp³-hybridized carbons (Fsp3) is 0.348. The van der Waals surface area contributed by atoms with Gasteiger partial charge in [-0.1, -0.05) is 43.3 Å². The molecular formula is C23H27N3O5. The molecule has 0 heterocycles. The van der Waals surface area contributed by atoms with Crippen molar-refractivity contribution in [1.82, 2.24) is 10.8 Å². The molecule has 2 rings (SSSR count). The van der Waals surface area contributed by atoms with Gasteiger partial charge in [0.25, 0.3) is 0 Å². The smallest absolute Gasteiger partial charge is 0.246 e. The summed E-state index contributed by atoms with van der Waals surface area (Å²) in [6.45, 7) is 1.91. The molecule has 0 aliphatic carbocycles. The highest BCUT2D eigenvalue weighted by molar-refractivity contribution is 5.80. The third-order valence-corrected chi connectivity index (χ3v) is 4.75. The maximum Gasteiger partial charge on any atom is 0.246 e. The fourth-order valence-corrected chi connectivity index (χ4v) is 3.10. The lowest BCUT2D eigenvalue weighted by Crippen LogP contribution is -2.42. The van der Waals surface area contributed by atoms with Crippen LogP contribution < -0.4 is 10.8 Å². The van der Waals surface area contributed by atoms with E-state index in [-0.39, 0.29) is 25.7 Å². The Morgan fingerprint density at radius 2 is 1.71 bits per heavy atom. The van der Waals surface area contributed by atoms with Crippen LogP contribution >= 0.6 is 0 Å². The number of hydrogen-bond acceptors (Lipinski definition) is 6. The normalized spacial score (nSPS) is 12.5. The van der Waals surface area contributed by atoms with Crippen LogP contribution in [0.2, 0.25) is 0 Å². The molecule has 0 bridgehead atoms. The number of amides is 2. The summed E-state index contributed by atoms with van der Waals surface area (Å²) in [5.41, 5.74) is 5.04. The molecule has 0 aromatic heterocycles. The standard InChI is InChI=1S/C23H27N3O5/c1-16(23(28)26-29)11-21(14-31-15-30-2)25-22(27)12-17-3-7-19(8-4-17)20-9-5-18(13-24)6-10-20/h3-10,16,21,29H,11-12,14-15H2,1-2H3,(H,25,27)(H,26,28). The van der Waals surface area contributed by atoms with Gasteiger partial charge in [0, 0.05) is 13.0 Å². The van der Waals surface area contributed by atoms with Crippen molar-refractivity contribution in [1.29, 1.82) is 5.26 Å². The van der Waals surface area contributed by atoms with Crippen LogP contribution in [0.3, 0.4) is 0 Å². The van der Waals surface area contributed by atoms with Crippen molar-refractivity contribution >= 4 is 11.8 Å². The van der Waals surface area contributed by atoms with Crippen LogP contribution in [0.1, 0.15) is 24.5 Å². The third-order valence-electron chi connectivity index (χ3n) is 4.75. The van der Waals surface area contributed by atoms with Gasteiger partial charge < -0.3 is 14.8 Å². The van der Waals surface area contributed by atoms with E-state index in [2.05, 4.69) is 11.4 Å². The molecule has 8 heteroatoms.